The molecule has 7 nitrogen and oxygen atoms in total. The van der Waals surface area contributed by atoms with E-state index in [1.165, 1.54) is 16.8 Å². The Bertz CT molecular complexity index is 827. The van der Waals surface area contributed by atoms with Gasteiger partial charge in [0, 0.05) is 38.3 Å². The zero-order valence-corrected chi connectivity index (χ0v) is 17.3. The molecule has 2 N–H and O–H groups in total. The van der Waals surface area contributed by atoms with Gasteiger partial charge in [-0.25, -0.2) is 4.79 Å². The number of rotatable bonds is 6. The monoisotopic (exact) mass is 398 g/mol. The molecule has 1 aromatic carbocycles. The molecule has 1 unspecified atom stereocenters. The highest BCUT2D eigenvalue weighted by molar-refractivity contribution is 6.07. The summed E-state index contributed by atoms with van der Waals surface area (Å²) in [5, 5.41) is 5.17. The number of hydrogen-bond acceptors (Lipinski definition) is 4. The molecule has 0 radical (unpaired) electrons. The van der Waals surface area contributed by atoms with Crippen molar-refractivity contribution in [2.24, 2.45) is 5.92 Å². The van der Waals surface area contributed by atoms with E-state index in [1.807, 2.05) is 4.90 Å². The van der Waals surface area contributed by atoms with Crippen molar-refractivity contribution in [2.45, 2.75) is 51.5 Å². The van der Waals surface area contributed by atoms with E-state index in [-0.39, 0.29) is 18.2 Å². The van der Waals surface area contributed by atoms with Gasteiger partial charge in [-0.15, -0.1) is 0 Å². The summed E-state index contributed by atoms with van der Waals surface area (Å²) >= 11 is 0. The summed E-state index contributed by atoms with van der Waals surface area (Å²) in [6, 6.07) is 5.90. The molecule has 2 aliphatic heterocycles. The van der Waals surface area contributed by atoms with Gasteiger partial charge < -0.3 is 15.1 Å². The fourth-order valence-electron chi connectivity index (χ4n) is 4.52. The van der Waals surface area contributed by atoms with Crippen molar-refractivity contribution in [3.63, 3.8) is 0 Å². The molecule has 4 amide bonds. The van der Waals surface area contributed by atoms with Crippen LogP contribution in [0.15, 0.2) is 18.2 Å². The highest BCUT2D eigenvalue weighted by Crippen LogP contribution is 2.39. The van der Waals surface area contributed by atoms with Crippen LogP contribution >= 0.6 is 0 Å². The largest absolute Gasteiger partial charge is 0.368 e. The third-order valence-electron chi connectivity index (χ3n) is 6.66. The summed E-state index contributed by atoms with van der Waals surface area (Å²) in [7, 11) is 0. The summed E-state index contributed by atoms with van der Waals surface area (Å²) in [6.07, 6.45) is 3.48. The molecule has 7 heteroatoms. The quantitative estimate of drug-likeness (QED) is 0.719. The number of anilines is 1. The van der Waals surface area contributed by atoms with Crippen molar-refractivity contribution in [3.05, 3.63) is 29.3 Å². The fraction of sp³-hybridized carbons (Fsp3) is 0.591. The molecule has 156 valence electrons. The molecule has 0 aromatic heterocycles. The van der Waals surface area contributed by atoms with Crippen LogP contribution in [0.4, 0.5) is 10.5 Å². The second-order valence-corrected chi connectivity index (χ2v) is 8.72. The Hall–Kier alpha value is -2.57. The number of imide groups is 1. The van der Waals surface area contributed by atoms with E-state index in [9.17, 15) is 14.4 Å². The van der Waals surface area contributed by atoms with Crippen LogP contribution in [0.3, 0.4) is 0 Å². The van der Waals surface area contributed by atoms with Crippen LogP contribution in [0.5, 0.6) is 0 Å². The Morgan fingerprint density at radius 2 is 1.86 bits per heavy atom. The number of urea groups is 1. The van der Waals surface area contributed by atoms with Crippen molar-refractivity contribution in [1.82, 2.24) is 15.5 Å². The molecule has 1 aliphatic carbocycles. The number of nitrogens with zero attached hydrogens (tertiary/aromatic N) is 2. The van der Waals surface area contributed by atoms with E-state index in [0.29, 0.717) is 31.8 Å². The molecule has 1 saturated carbocycles. The number of hydrogen-bond donors (Lipinski definition) is 2. The Kier molecular flexibility index (Phi) is 5.23. The predicted octanol–water partition coefficient (Wildman–Crippen LogP) is 2.11. The minimum atomic E-state index is -0.908. The number of carbonyl (C=O) groups is 3. The SMILES string of the molecule is Cc1cccc(N2CCN(C(=O)CCC3(CC4CC4)NC(=O)NC3=O)CC2)c1C. The van der Waals surface area contributed by atoms with E-state index in [4.69, 9.17) is 0 Å². The molecule has 4 rings (SSSR count). The van der Waals surface area contributed by atoms with Crippen LogP contribution in [0.2, 0.25) is 0 Å². The molecular formula is C22H30N4O3. The van der Waals surface area contributed by atoms with Crippen LogP contribution in [0.1, 0.15) is 43.2 Å². The van der Waals surface area contributed by atoms with Crippen molar-refractivity contribution >= 4 is 23.5 Å². The second kappa shape index (κ2) is 7.69. The Morgan fingerprint density at radius 1 is 1.14 bits per heavy atom. The van der Waals surface area contributed by atoms with Crippen LogP contribution < -0.4 is 15.5 Å². The van der Waals surface area contributed by atoms with Crippen molar-refractivity contribution in [3.8, 4) is 0 Å². The number of aryl methyl sites for hydroxylation is 1. The van der Waals surface area contributed by atoms with E-state index in [2.05, 4.69) is 47.6 Å². The summed E-state index contributed by atoms with van der Waals surface area (Å²) in [4.78, 5) is 41.1. The van der Waals surface area contributed by atoms with Gasteiger partial charge in [0.1, 0.15) is 5.54 Å². The third-order valence-corrected chi connectivity index (χ3v) is 6.66. The smallest absolute Gasteiger partial charge is 0.322 e. The van der Waals surface area contributed by atoms with E-state index in [1.54, 1.807) is 0 Å². The maximum atomic E-state index is 12.8. The molecule has 2 saturated heterocycles. The van der Waals surface area contributed by atoms with Gasteiger partial charge in [-0.2, -0.15) is 0 Å². The lowest BCUT2D eigenvalue weighted by Gasteiger charge is -2.37. The van der Waals surface area contributed by atoms with E-state index >= 15 is 0 Å². The highest BCUT2D eigenvalue weighted by Gasteiger charge is 2.49. The van der Waals surface area contributed by atoms with Crippen LogP contribution in [-0.4, -0.2) is 54.5 Å². The van der Waals surface area contributed by atoms with Gasteiger partial charge in [0.25, 0.3) is 5.91 Å². The molecule has 0 bridgehead atoms. The minimum Gasteiger partial charge on any atom is -0.368 e. The molecule has 1 aromatic rings. The van der Waals surface area contributed by atoms with Crippen molar-refractivity contribution < 1.29 is 14.4 Å². The van der Waals surface area contributed by atoms with Gasteiger partial charge in [0.15, 0.2) is 0 Å². The van der Waals surface area contributed by atoms with E-state index in [0.717, 1.165) is 25.9 Å². The molecule has 0 spiro atoms. The first-order chi connectivity index (χ1) is 13.9. The lowest BCUT2D eigenvalue weighted by Crippen LogP contribution is -2.51. The Balaban J connectivity index is 1.33. The lowest BCUT2D eigenvalue weighted by molar-refractivity contribution is -0.132. The van der Waals surface area contributed by atoms with Crippen LogP contribution in [0.25, 0.3) is 0 Å². The first kappa shape index (κ1) is 19.7. The fourth-order valence-corrected chi connectivity index (χ4v) is 4.52. The van der Waals surface area contributed by atoms with Crippen molar-refractivity contribution in [1.29, 1.82) is 0 Å². The Labute approximate surface area is 171 Å². The lowest BCUT2D eigenvalue weighted by atomic mass is 9.87. The normalized spacial score (nSPS) is 24.5. The van der Waals surface area contributed by atoms with Gasteiger partial charge in [-0.05, 0) is 49.8 Å². The molecule has 1 atom stereocenters. The molecular weight excluding hydrogens is 368 g/mol. The molecule has 3 fully saturated rings. The Morgan fingerprint density at radius 3 is 2.48 bits per heavy atom. The summed E-state index contributed by atoms with van der Waals surface area (Å²) in [5.74, 6) is 0.270. The van der Waals surface area contributed by atoms with Crippen LogP contribution in [0, 0.1) is 19.8 Å². The van der Waals surface area contributed by atoms with Crippen LogP contribution in [-0.2, 0) is 9.59 Å². The molecule has 2 heterocycles. The van der Waals surface area contributed by atoms with Gasteiger partial charge in [0.05, 0.1) is 0 Å². The summed E-state index contributed by atoms with van der Waals surface area (Å²) in [6.45, 7) is 7.23. The maximum Gasteiger partial charge on any atom is 0.322 e. The molecule has 29 heavy (non-hydrogen) atoms. The van der Waals surface area contributed by atoms with E-state index < -0.39 is 11.6 Å². The van der Waals surface area contributed by atoms with Crippen molar-refractivity contribution in [2.75, 3.05) is 31.1 Å². The summed E-state index contributed by atoms with van der Waals surface area (Å²) in [5.41, 5.74) is 2.90. The topological polar surface area (TPSA) is 81.8 Å². The average Bonchev–Trinajstić information content (AvgIpc) is 3.46. The van der Waals surface area contributed by atoms with Gasteiger partial charge in [0.2, 0.25) is 5.91 Å². The number of amides is 4. The second-order valence-electron chi connectivity index (χ2n) is 8.72. The van der Waals surface area contributed by atoms with Gasteiger partial charge >= 0.3 is 6.03 Å². The zero-order valence-electron chi connectivity index (χ0n) is 17.3. The number of nitrogens with one attached hydrogen (secondary N) is 2. The summed E-state index contributed by atoms with van der Waals surface area (Å²) < 4.78 is 0. The van der Waals surface area contributed by atoms with Gasteiger partial charge in [-0.1, -0.05) is 25.0 Å². The first-order valence-corrected chi connectivity index (χ1v) is 10.6. The number of benzene rings is 1. The number of piperazine rings is 1. The maximum absolute atomic E-state index is 12.8. The highest BCUT2D eigenvalue weighted by atomic mass is 16.2. The first-order valence-electron chi connectivity index (χ1n) is 10.6. The average molecular weight is 399 g/mol. The standard InChI is InChI=1S/C22H30N4O3/c1-15-4-3-5-18(16(15)2)25-10-12-26(13-11-25)19(27)8-9-22(14-17-6-7-17)20(28)23-21(29)24-22/h3-5,17H,6-14H2,1-2H3,(H2,23,24,28,29). The predicted molar refractivity (Wildman–Crippen MR) is 111 cm³/mol. The zero-order chi connectivity index (χ0) is 20.6. The number of carbonyl (C=O) groups excluding carboxylic acids is 3. The van der Waals surface area contributed by atoms with Gasteiger partial charge in [-0.3, -0.25) is 14.9 Å². The molecule has 3 aliphatic rings. The minimum absolute atomic E-state index is 0.0646. The third kappa shape index (κ3) is 4.09.